The van der Waals surface area contributed by atoms with Gasteiger partial charge in [0.25, 0.3) is 11.8 Å². The van der Waals surface area contributed by atoms with Crippen LogP contribution >= 0.6 is 0 Å². The smallest absolute Gasteiger partial charge is 0.257 e. The molecule has 1 unspecified atom stereocenters. The molecule has 1 atom stereocenters. The summed E-state index contributed by atoms with van der Waals surface area (Å²) in [7, 11) is 3.86. The third-order valence-corrected chi connectivity index (χ3v) is 8.94. The lowest BCUT2D eigenvalue weighted by atomic mass is 9.94. The Morgan fingerprint density at radius 3 is 1.95 bits per heavy atom. The molecule has 2 heterocycles. The van der Waals surface area contributed by atoms with Gasteiger partial charge in [0.1, 0.15) is 23.2 Å². The maximum Gasteiger partial charge on any atom is 0.257 e. The molecule has 2 aliphatic carbocycles. The Kier molecular flexibility index (Phi) is 8.82. The highest BCUT2D eigenvalue weighted by molar-refractivity contribution is 6.05. The van der Waals surface area contributed by atoms with Crippen molar-refractivity contribution in [3.63, 3.8) is 0 Å². The molecular formula is C34H44N2O4. The van der Waals surface area contributed by atoms with Crippen molar-refractivity contribution in [2.24, 2.45) is 0 Å². The molecule has 0 spiro atoms. The van der Waals surface area contributed by atoms with Crippen LogP contribution in [0.25, 0.3) is 11.0 Å². The van der Waals surface area contributed by atoms with Crippen molar-refractivity contribution in [1.82, 2.24) is 9.80 Å². The third kappa shape index (κ3) is 6.06. The SMILES string of the molecule is CC1Cc2cccc(C(=O)N(C)C3CCCCC3)c2O1.Cc1cc2cccc(C(=O)N(C)C3CCCCC3)c2o1. The first-order valence-electron chi connectivity index (χ1n) is 15.2. The summed E-state index contributed by atoms with van der Waals surface area (Å²) < 4.78 is 11.6. The van der Waals surface area contributed by atoms with Crippen LogP contribution < -0.4 is 4.74 Å². The molecule has 40 heavy (non-hydrogen) atoms. The Hall–Kier alpha value is -3.28. The predicted molar refractivity (Wildman–Crippen MR) is 159 cm³/mol. The van der Waals surface area contributed by atoms with E-state index in [2.05, 4.69) is 13.0 Å². The van der Waals surface area contributed by atoms with Crippen molar-refractivity contribution < 1.29 is 18.7 Å². The van der Waals surface area contributed by atoms with Crippen LogP contribution in [0.4, 0.5) is 0 Å². The number of hydrogen-bond donors (Lipinski definition) is 0. The van der Waals surface area contributed by atoms with Crippen molar-refractivity contribution in [3.8, 4) is 5.75 Å². The predicted octanol–water partition coefficient (Wildman–Crippen LogP) is 7.56. The highest BCUT2D eigenvalue weighted by Crippen LogP contribution is 2.34. The Bertz CT molecular complexity index is 1330. The van der Waals surface area contributed by atoms with E-state index in [4.69, 9.17) is 9.15 Å². The Morgan fingerprint density at radius 2 is 1.32 bits per heavy atom. The van der Waals surface area contributed by atoms with Gasteiger partial charge in [0.2, 0.25) is 0 Å². The summed E-state index contributed by atoms with van der Waals surface area (Å²) >= 11 is 0. The molecular weight excluding hydrogens is 500 g/mol. The lowest BCUT2D eigenvalue weighted by molar-refractivity contribution is 0.0686. The minimum atomic E-state index is 0.0804. The zero-order chi connectivity index (χ0) is 28.2. The Balaban J connectivity index is 0.000000161. The highest BCUT2D eigenvalue weighted by Gasteiger charge is 2.29. The van der Waals surface area contributed by atoms with Crippen molar-refractivity contribution in [3.05, 3.63) is 64.9 Å². The van der Waals surface area contributed by atoms with Crippen molar-refractivity contribution in [2.75, 3.05) is 14.1 Å². The third-order valence-electron chi connectivity index (χ3n) is 8.94. The number of carbonyl (C=O) groups is 2. The molecule has 2 saturated carbocycles. The monoisotopic (exact) mass is 544 g/mol. The van der Waals surface area contributed by atoms with Gasteiger partial charge in [-0.25, -0.2) is 0 Å². The fourth-order valence-electron chi connectivity index (χ4n) is 6.61. The van der Waals surface area contributed by atoms with Crippen LogP contribution in [0.15, 0.2) is 46.9 Å². The molecule has 3 aliphatic rings. The van der Waals surface area contributed by atoms with Gasteiger partial charge in [0.05, 0.1) is 11.1 Å². The first-order valence-corrected chi connectivity index (χ1v) is 15.2. The number of nitrogens with zero attached hydrogens (tertiary/aromatic N) is 2. The Morgan fingerprint density at radius 1 is 0.775 bits per heavy atom. The second-order valence-electron chi connectivity index (χ2n) is 11.9. The summed E-state index contributed by atoms with van der Waals surface area (Å²) in [6.07, 6.45) is 13.1. The molecule has 2 aromatic carbocycles. The number of amides is 2. The molecule has 214 valence electrons. The van der Waals surface area contributed by atoms with Gasteiger partial charge in [0, 0.05) is 38.0 Å². The van der Waals surface area contributed by atoms with Crippen molar-refractivity contribution in [1.29, 1.82) is 0 Å². The molecule has 2 amide bonds. The van der Waals surface area contributed by atoms with E-state index in [9.17, 15) is 9.59 Å². The number of furan rings is 1. The van der Waals surface area contributed by atoms with Crippen LogP contribution in [0, 0.1) is 6.92 Å². The van der Waals surface area contributed by atoms with Crippen LogP contribution in [0.1, 0.15) is 103 Å². The number of benzene rings is 2. The molecule has 0 bridgehead atoms. The van der Waals surface area contributed by atoms with Crippen LogP contribution in [-0.4, -0.2) is 53.9 Å². The van der Waals surface area contributed by atoms with Crippen LogP contribution in [0.3, 0.4) is 0 Å². The minimum absolute atomic E-state index is 0.0804. The van der Waals surface area contributed by atoms with Gasteiger partial charge in [-0.15, -0.1) is 0 Å². The van der Waals surface area contributed by atoms with E-state index in [1.54, 1.807) is 0 Å². The van der Waals surface area contributed by atoms with Gasteiger partial charge >= 0.3 is 0 Å². The summed E-state index contributed by atoms with van der Waals surface area (Å²) in [5.41, 5.74) is 3.31. The molecule has 6 nitrogen and oxygen atoms in total. The zero-order valence-corrected chi connectivity index (χ0v) is 24.6. The van der Waals surface area contributed by atoms with Crippen LogP contribution in [0.5, 0.6) is 5.75 Å². The van der Waals surface area contributed by atoms with Gasteiger partial charge in [-0.1, -0.05) is 62.8 Å². The topological polar surface area (TPSA) is 63.0 Å². The van der Waals surface area contributed by atoms with E-state index < -0.39 is 0 Å². The summed E-state index contributed by atoms with van der Waals surface area (Å²) in [4.78, 5) is 29.3. The number of fused-ring (bicyclic) bond motifs is 2. The average Bonchev–Trinajstić information content (AvgIpc) is 3.57. The average molecular weight is 545 g/mol. The summed E-state index contributed by atoms with van der Waals surface area (Å²) in [6.45, 7) is 3.97. The maximum atomic E-state index is 12.8. The molecule has 6 rings (SSSR count). The number of aryl methyl sites for hydroxylation is 1. The van der Waals surface area contributed by atoms with Crippen molar-refractivity contribution >= 4 is 22.8 Å². The van der Waals surface area contributed by atoms with Crippen LogP contribution in [-0.2, 0) is 6.42 Å². The van der Waals surface area contributed by atoms with Gasteiger partial charge in [-0.2, -0.15) is 0 Å². The van der Waals surface area contributed by atoms with E-state index in [0.29, 0.717) is 17.6 Å². The van der Waals surface area contributed by atoms with Gasteiger partial charge in [-0.3, -0.25) is 9.59 Å². The maximum absolute atomic E-state index is 12.8. The van der Waals surface area contributed by atoms with E-state index in [1.165, 1.54) is 44.1 Å². The summed E-state index contributed by atoms with van der Waals surface area (Å²) in [5, 5.41) is 1.00. The van der Waals surface area contributed by atoms with Crippen molar-refractivity contribution in [2.45, 2.75) is 103 Å². The molecule has 0 radical (unpaired) electrons. The van der Waals surface area contributed by atoms with Gasteiger partial charge < -0.3 is 19.0 Å². The number of para-hydroxylation sites is 2. The number of rotatable bonds is 4. The second kappa shape index (κ2) is 12.5. The fourth-order valence-corrected chi connectivity index (χ4v) is 6.61. The van der Waals surface area contributed by atoms with Gasteiger partial charge in [-0.05, 0) is 63.3 Å². The molecule has 0 saturated heterocycles. The molecule has 6 heteroatoms. The minimum Gasteiger partial charge on any atom is -0.489 e. The van der Waals surface area contributed by atoms with E-state index in [-0.39, 0.29) is 17.9 Å². The van der Waals surface area contributed by atoms with E-state index >= 15 is 0 Å². The molecule has 3 aromatic rings. The van der Waals surface area contributed by atoms with E-state index in [1.807, 2.05) is 67.2 Å². The molecule has 1 aliphatic heterocycles. The van der Waals surface area contributed by atoms with Gasteiger partial charge in [0.15, 0.2) is 0 Å². The lowest BCUT2D eigenvalue weighted by Gasteiger charge is -2.31. The first-order chi connectivity index (χ1) is 19.3. The molecule has 2 fully saturated rings. The molecule has 1 aromatic heterocycles. The normalized spacial score (nSPS) is 19.4. The molecule has 0 N–H and O–H groups in total. The summed E-state index contributed by atoms with van der Waals surface area (Å²) in [6, 6.07) is 14.5. The standard InChI is InChI=1S/C17H23NO2.C17H21NO2/c2*1-12-11-13-7-6-10-15(16(13)20-12)17(19)18(2)14-8-4-3-5-9-14/h6-7,10,12,14H,3-5,8-9,11H2,1-2H3;6-7,10-11,14H,3-5,8-9H2,1-2H3. The van der Waals surface area contributed by atoms with Crippen LogP contribution in [0.2, 0.25) is 0 Å². The number of carbonyl (C=O) groups excluding carboxylic acids is 2. The number of ether oxygens (including phenoxy) is 1. The highest BCUT2D eigenvalue weighted by atomic mass is 16.5. The lowest BCUT2D eigenvalue weighted by Crippen LogP contribution is -2.38. The zero-order valence-electron chi connectivity index (χ0n) is 24.6. The Labute approximate surface area is 238 Å². The second-order valence-corrected chi connectivity index (χ2v) is 11.9. The number of hydrogen-bond acceptors (Lipinski definition) is 4. The quantitative estimate of drug-likeness (QED) is 0.340. The largest absolute Gasteiger partial charge is 0.489 e. The summed E-state index contributed by atoms with van der Waals surface area (Å²) in [5.74, 6) is 1.85. The fraction of sp³-hybridized carbons (Fsp3) is 0.529. The first kappa shape index (κ1) is 28.3. The van der Waals surface area contributed by atoms with E-state index in [0.717, 1.165) is 60.1 Å².